The summed E-state index contributed by atoms with van der Waals surface area (Å²) >= 11 is 1.75. The van der Waals surface area contributed by atoms with Crippen LogP contribution in [0.3, 0.4) is 0 Å². The Morgan fingerprint density at radius 1 is 1.26 bits per heavy atom. The number of pyridine rings is 1. The van der Waals surface area contributed by atoms with Gasteiger partial charge in [0, 0.05) is 12.6 Å². The lowest BCUT2D eigenvalue weighted by molar-refractivity contribution is 0.787. The average Bonchev–Trinajstić information content (AvgIpc) is 2.89. The van der Waals surface area contributed by atoms with Crippen LogP contribution in [-0.2, 0) is 6.42 Å². The van der Waals surface area contributed by atoms with Crippen molar-refractivity contribution in [1.82, 2.24) is 4.98 Å². The van der Waals surface area contributed by atoms with Crippen LogP contribution in [0.25, 0.3) is 0 Å². The maximum atomic E-state index is 4.56. The number of hydrogen-bond acceptors (Lipinski definition) is 4. The molecule has 0 aliphatic heterocycles. The van der Waals surface area contributed by atoms with E-state index in [0.717, 1.165) is 31.0 Å². The molecule has 2 aromatic heterocycles. The van der Waals surface area contributed by atoms with Gasteiger partial charge in [-0.15, -0.1) is 0 Å². The monoisotopic (exact) mass is 275 g/mol. The Balaban J connectivity index is 1.90. The van der Waals surface area contributed by atoms with Crippen molar-refractivity contribution in [3.05, 3.63) is 40.6 Å². The van der Waals surface area contributed by atoms with E-state index in [1.165, 1.54) is 5.56 Å². The Morgan fingerprint density at radius 3 is 2.84 bits per heavy atom. The molecule has 0 aromatic carbocycles. The number of rotatable bonds is 7. The summed E-state index contributed by atoms with van der Waals surface area (Å²) in [5, 5.41) is 11.1. The average molecular weight is 275 g/mol. The molecule has 0 saturated heterocycles. The van der Waals surface area contributed by atoms with Gasteiger partial charge in [-0.3, -0.25) is 0 Å². The van der Waals surface area contributed by atoms with Crippen LogP contribution in [0.1, 0.15) is 25.8 Å². The van der Waals surface area contributed by atoms with Gasteiger partial charge in [-0.05, 0) is 54.3 Å². The molecule has 2 aromatic rings. The molecule has 4 heteroatoms. The molecule has 1 atom stereocenters. The van der Waals surface area contributed by atoms with Gasteiger partial charge < -0.3 is 10.6 Å². The third-order valence-electron chi connectivity index (χ3n) is 2.82. The van der Waals surface area contributed by atoms with Gasteiger partial charge in [0.15, 0.2) is 0 Å². The van der Waals surface area contributed by atoms with Gasteiger partial charge in [-0.1, -0.05) is 13.0 Å². The van der Waals surface area contributed by atoms with Crippen LogP contribution in [-0.4, -0.2) is 17.6 Å². The zero-order valence-corrected chi connectivity index (χ0v) is 12.3. The molecule has 0 saturated carbocycles. The van der Waals surface area contributed by atoms with Crippen LogP contribution in [0.15, 0.2) is 35.0 Å². The van der Waals surface area contributed by atoms with E-state index in [1.807, 2.05) is 18.2 Å². The van der Waals surface area contributed by atoms with E-state index >= 15 is 0 Å². The number of hydrogen-bond donors (Lipinski definition) is 2. The minimum absolute atomic E-state index is 0.378. The summed E-state index contributed by atoms with van der Waals surface area (Å²) in [4.78, 5) is 4.56. The van der Waals surface area contributed by atoms with Crippen molar-refractivity contribution in [2.75, 3.05) is 17.2 Å². The van der Waals surface area contributed by atoms with E-state index in [1.54, 1.807) is 11.3 Å². The Labute approximate surface area is 119 Å². The Kier molecular flexibility index (Phi) is 5.21. The van der Waals surface area contributed by atoms with Crippen LogP contribution >= 0.6 is 11.3 Å². The van der Waals surface area contributed by atoms with Gasteiger partial charge in [0.2, 0.25) is 0 Å². The number of aromatic nitrogens is 1. The molecule has 1 unspecified atom stereocenters. The zero-order chi connectivity index (χ0) is 13.5. The molecular weight excluding hydrogens is 254 g/mol. The smallest absolute Gasteiger partial charge is 0.128 e. The van der Waals surface area contributed by atoms with Crippen LogP contribution in [0.4, 0.5) is 11.6 Å². The second kappa shape index (κ2) is 7.14. The predicted octanol–water partition coefficient (Wildman–Crippen LogP) is 4.01. The SMILES string of the molecule is CCCNc1cccc(NC(C)Cc2ccsc2)n1. The van der Waals surface area contributed by atoms with Crippen LogP contribution < -0.4 is 10.6 Å². The molecule has 2 heterocycles. The number of anilines is 2. The standard InChI is InChI=1S/C15H21N3S/c1-3-8-16-14-5-4-6-15(18-14)17-12(2)10-13-7-9-19-11-13/h4-7,9,11-12H,3,8,10H2,1-2H3,(H2,16,17,18). The molecule has 0 spiro atoms. The fourth-order valence-corrected chi connectivity index (χ4v) is 2.61. The summed E-state index contributed by atoms with van der Waals surface area (Å²) in [6, 6.07) is 8.61. The van der Waals surface area contributed by atoms with Gasteiger partial charge in [0.25, 0.3) is 0 Å². The first-order valence-electron chi connectivity index (χ1n) is 6.76. The van der Waals surface area contributed by atoms with Gasteiger partial charge in [0.1, 0.15) is 11.6 Å². The number of nitrogens with zero attached hydrogens (tertiary/aromatic N) is 1. The van der Waals surface area contributed by atoms with Crippen LogP contribution in [0.2, 0.25) is 0 Å². The first-order valence-corrected chi connectivity index (χ1v) is 7.70. The molecule has 0 bridgehead atoms. The highest BCUT2D eigenvalue weighted by molar-refractivity contribution is 7.07. The van der Waals surface area contributed by atoms with Crippen molar-refractivity contribution in [1.29, 1.82) is 0 Å². The summed E-state index contributed by atoms with van der Waals surface area (Å²) in [7, 11) is 0. The number of thiophene rings is 1. The minimum Gasteiger partial charge on any atom is -0.370 e. The fourth-order valence-electron chi connectivity index (χ4n) is 1.93. The lowest BCUT2D eigenvalue weighted by atomic mass is 10.1. The summed E-state index contributed by atoms with van der Waals surface area (Å²) in [6.45, 7) is 5.30. The molecule has 0 radical (unpaired) electrons. The summed E-state index contributed by atoms with van der Waals surface area (Å²) in [5.41, 5.74) is 1.38. The quantitative estimate of drug-likeness (QED) is 0.801. The van der Waals surface area contributed by atoms with Crippen molar-refractivity contribution in [2.45, 2.75) is 32.7 Å². The molecule has 3 nitrogen and oxygen atoms in total. The Morgan fingerprint density at radius 2 is 2.11 bits per heavy atom. The third kappa shape index (κ3) is 4.56. The lowest BCUT2D eigenvalue weighted by Crippen LogP contribution is -2.18. The van der Waals surface area contributed by atoms with E-state index in [9.17, 15) is 0 Å². The first kappa shape index (κ1) is 13.9. The molecular formula is C15H21N3S. The lowest BCUT2D eigenvalue weighted by Gasteiger charge is -2.14. The molecule has 19 heavy (non-hydrogen) atoms. The fraction of sp³-hybridized carbons (Fsp3) is 0.400. The summed E-state index contributed by atoms with van der Waals surface area (Å²) < 4.78 is 0. The third-order valence-corrected chi connectivity index (χ3v) is 3.55. The van der Waals surface area contributed by atoms with E-state index in [2.05, 4.69) is 46.3 Å². The van der Waals surface area contributed by atoms with E-state index in [0.29, 0.717) is 6.04 Å². The van der Waals surface area contributed by atoms with Gasteiger partial charge in [0.05, 0.1) is 0 Å². The van der Waals surface area contributed by atoms with Crippen LogP contribution in [0, 0.1) is 0 Å². The van der Waals surface area contributed by atoms with E-state index in [-0.39, 0.29) is 0 Å². The molecule has 0 fully saturated rings. The maximum absolute atomic E-state index is 4.56. The van der Waals surface area contributed by atoms with Crippen molar-refractivity contribution < 1.29 is 0 Å². The van der Waals surface area contributed by atoms with Crippen molar-refractivity contribution in [2.24, 2.45) is 0 Å². The molecule has 2 rings (SSSR count). The zero-order valence-electron chi connectivity index (χ0n) is 11.5. The Hall–Kier alpha value is -1.55. The van der Waals surface area contributed by atoms with Crippen molar-refractivity contribution >= 4 is 23.0 Å². The highest BCUT2D eigenvalue weighted by Crippen LogP contribution is 2.13. The highest BCUT2D eigenvalue weighted by atomic mass is 32.1. The first-order chi connectivity index (χ1) is 9.28. The topological polar surface area (TPSA) is 37.0 Å². The van der Waals surface area contributed by atoms with E-state index in [4.69, 9.17) is 0 Å². The second-order valence-electron chi connectivity index (χ2n) is 4.72. The van der Waals surface area contributed by atoms with E-state index < -0.39 is 0 Å². The normalized spacial score (nSPS) is 12.1. The van der Waals surface area contributed by atoms with Crippen molar-refractivity contribution in [3.8, 4) is 0 Å². The van der Waals surface area contributed by atoms with Gasteiger partial charge in [-0.2, -0.15) is 11.3 Å². The highest BCUT2D eigenvalue weighted by Gasteiger charge is 2.05. The minimum atomic E-state index is 0.378. The van der Waals surface area contributed by atoms with Crippen LogP contribution in [0.5, 0.6) is 0 Å². The largest absolute Gasteiger partial charge is 0.370 e. The summed E-state index contributed by atoms with van der Waals surface area (Å²) in [6.07, 6.45) is 2.13. The Bertz CT molecular complexity index is 482. The molecule has 102 valence electrons. The molecule has 0 aliphatic rings. The molecule has 2 N–H and O–H groups in total. The maximum Gasteiger partial charge on any atom is 0.128 e. The number of nitrogens with one attached hydrogen (secondary N) is 2. The van der Waals surface area contributed by atoms with Crippen molar-refractivity contribution in [3.63, 3.8) is 0 Å². The summed E-state index contributed by atoms with van der Waals surface area (Å²) in [5.74, 6) is 1.87. The predicted molar refractivity (Wildman–Crippen MR) is 84.1 cm³/mol. The van der Waals surface area contributed by atoms with Gasteiger partial charge >= 0.3 is 0 Å². The second-order valence-corrected chi connectivity index (χ2v) is 5.50. The molecule has 0 aliphatic carbocycles. The molecule has 0 amide bonds. The van der Waals surface area contributed by atoms with Gasteiger partial charge in [-0.25, -0.2) is 4.98 Å².